The molecule has 0 saturated carbocycles. The van der Waals surface area contributed by atoms with E-state index >= 15 is 0 Å². The average Bonchev–Trinajstić information content (AvgIpc) is 2.56. The number of aliphatic hydroxyl groups is 1. The Labute approximate surface area is 143 Å². The van der Waals surface area contributed by atoms with Crippen LogP contribution in [0.2, 0.25) is 0 Å². The third kappa shape index (κ3) is 2.58. The Hall–Kier alpha value is -2.63. The highest BCUT2D eigenvalue weighted by Gasteiger charge is 2.36. The van der Waals surface area contributed by atoms with E-state index in [1.807, 2.05) is 6.07 Å². The summed E-state index contributed by atoms with van der Waals surface area (Å²) in [4.78, 5) is 12.2. The maximum Gasteiger partial charge on any atom is 0.228 e. The van der Waals surface area contributed by atoms with Gasteiger partial charge in [0, 0.05) is 16.1 Å². The molecule has 1 aromatic carbocycles. The lowest BCUT2D eigenvalue weighted by atomic mass is 9.87. The molecule has 0 bridgehead atoms. The minimum Gasteiger partial charge on any atom is -0.458 e. The minimum atomic E-state index is -1.06. The van der Waals surface area contributed by atoms with E-state index < -0.39 is 23.8 Å². The van der Waals surface area contributed by atoms with E-state index in [-0.39, 0.29) is 34.3 Å². The van der Waals surface area contributed by atoms with Gasteiger partial charge in [-0.2, -0.15) is 5.26 Å². The number of aliphatic hydroxyl groups excluding tert-OH is 1. The van der Waals surface area contributed by atoms with Gasteiger partial charge < -0.3 is 20.0 Å². The molecule has 0 radical (unpaired) electrons. The summed E-state index contributed by atoms with van der Waals surface area (Å²) in [6, 6.07) is 7.10. The lowest BCUT2D eigenvalue weighted by Gasteiger charge is -2.25. The molecule has 3 rings (SSSR count). The van der Waals surface area contributed by atoms with Gasteiger partial charge in [0.2, 0.25) is 17.1 Å². The van der Waals surface area contributed by atoms with Crippen molar-refractivity contribution in [1.29, 1.82) is 5.26 Å². The quantitative estimate of drug-likeness (QED) is 0.810. The number of hydrogen-bond acceptors (Lipinski definition) is 6. The number of nitriles is 1. The second kappa shape index (κ2) is 6.11. The highest BCUT2D eigenvalue weighted by molar-refractivity contribution is 9.10. The highest BCUT2D eigenvalue weighted by atomic mass is 79.9. The van der Waals surface area contributed by atoms with E-state index in [2.05, 4.69) is 15.9 Å². The predicted octanol–water partition coefficient (Wildman–Crippen LogP) is 2.25. The number of allylic oxidation sites excluding steroid dienone is 1. The Balaban J connectivity index is 2.35. The van der Waals surface area contributed by atoms with Gasteiger partial charge >= 0.3 is 0 Å². The smallest absolute Gasteiger partial charge is 0.228 e. The summed E-state index contributed by atoms with van der Waals surface area (Å²) in [5.74, 6) is -2.29. The lowest BCUT2D eigenvalue weighted by molar-refractivity contribution is 0.231. The largest absolute Gasteiger partial charge is 0.458 e. The third-order valence-electron chi connectivity index (χ3n) is 3.55. The fraction of sp³-hybridized carbons (Fsp3) is 0.125. The standard InChI is InChI=1S/C16H10BrFN2O4/c17-7-1-2-11(18)9(3-7)13-10(5-19)16(20)24-14-12(22)4-8(6-21)23-15(13)14/h1-4,13,21H,6,20H2/t13-/m1/s1. The van der Waals surface area contributed by atoms with Crippen LogP contribution in [0.1, 0.15) is 23.0 Å². The molecular weight excluding hydrogens is 383 g/mol. The first-order valence-electron chi connectivity index (χ1n) is 6.76. The second-order valence-electron chi connectivity index (χ2n) is 5.02. The highest BCUT2D eigenvalue weighted by Crippen LogP contribution is 2.42. The second-order valence-corrected chi connectivity index (χ2v) is 5.93. The van der Waals surface area contributed by atoms with E-state index in [4.69, 9.17) is 14.9 Å². The molecule has 0 unspecified atom stereocenters. The molecule has 2 heterocycles. The van der Waals surface area contributed by atoms with Crippen molar-refractivity contribution in [3.05, 3.63) is 73.3 Å². The van der Waals surface area contributed by atoms with Crippen LogP contribution >= 0.6 is 15.9 Å². The molecule has 0 saturated heterocycles. The number of fused-ring (bicyclic) bond motifs is 1. The molecule has 1 aromatic heterocycles. The molecule has 0 aliphatic carbocycles. The van der Waals surface area contributed by atoms with Crippen molar-refractivity contribution in [2.24, 2.45) is 5.73 Å². The molecule has 1 aliphatic heterocycles. The maximum absolute atomic E-state index is 14.4. The molecular formula is C16H10BrFN2O4. The summed E-state index contributed by atoms with van der Waals surface area (Å²) < 4.78 is 25.6. The van der Waals surface area contributed by atoms with Crippen LogP contribution in [0.5, 0.6) is 5.75 Å². The Morgan fingerprint density at radius 1 is 1.42 bits per heavy atom. The van der Waals surface area contributed by atoms with Gasteiger partial charge in [-0.05, 0) is 18.2 Å². The first-order valence-corrected chi connectivity index (χ1v) is 7.56. The SMILES string of the molecule is N#CC1=C(N)Oc2c(oc(CO)cc2=O)[C@@H]1c1cc(Br)ccc1F. The van der Waals surface area contributed by atoms with Crippen LogP contribution in [0.3, 0.4) is 0 Å². The minimum absolute atomic E-state index is 0.0273. The van der Waals surface area contributed by atoms with E-state index in [0.717, 1.165) is 6.07 Å². The number of ether oxygens (including phenoxy) is 1. The van der Waals surface area contributed by atoms with Crippen LogP contribution < -0.4 is 15.9 Å². The van der Waals surface area contributed by atoms with Crippen molar-refractivity contribution in [3.63, 3.8) is 0 Å². The Morgan fingerprint density at radius 2 is 2.17 bits per heavy atom. The number of rotatable bonds is 2. The van der Waals surface area contributed by atoms with E-state index in [9.17, 15) is 19.6 Å². The van der Waals surface area contributed by atoms with Gasteiger partial charge in [0.1, 0.15) is 29.8 Å². The Bertz CT molecular complexity index is 962. The average molecular weight is 393 g/mol. The molecule has 0 amide bonds. The van der Waals surface area contributed by atoms with Crippen LogP contribution in [0.25, 0.3) is 0 Å². The molecule has 6 nitrogen and oxygen atoms in total. The van der Waals surface area contributed by atoms with Crippen LogP contribution in [0.15, 0.2) is 49.4 Å². The molecule has 122 valence electrons. The van der Waals surface area contributed by atoms with Crippen LogP contribution in [-0.4, -0.2) is 5.11 Å². The van der Waals surface area contributed by atoms with Crippen LogP contribution in [-0.2, 0) is 6.61 Å². The zero-order chi connectivity index (χ0) is 17.4. The topological polar surface area (TPSA) is 109 Å². The molecule has 0 spiro atoms. The summed E-state index contributed by atoms with van der Waals surface area (Å²) in [6.45, 7) is -0.530. The predicted molar refractivity (Wildman–Crippen MR) is 84.3 cm³/mol. The number of nitrogens with zero attached hydrogens (tertiary/aromatic N) is 1. The number of benzene rings is 1. The zero-order valence-corrected chi connectivity index (χ0v) is 13.6. The summed E-state index contributed by atoms with van der Waals surface area (Å²) in [5.41, 5.74) is 5.15. The summed E-state index contributed by atoms with van der Waals surface area (Å²) in [5, 5.41) is 18.6. The molecule has 8 heteroatoms. The Morgan fingerprint density at radius 3 is 2.83 bits per heavy atom. The van der Waals surface area contributed by atoms with Gasteiger partial charge in [-0.1, -0.05) is 15.9 Å². The van der Waals surface area contributed by atoms with Crippen LogP contribution in [0.4, 0.5) is 4.39 Å². The monoisotopic (exact) mass is 392 g/mol. The van der Waals surface area contributed by atoms with Crippen molar-refractivity contribution in [2.45, 2.75) is 12.5 Å². The van der Waals surface area contributed by atoms with Gasteiger partial charge in [0.25, 0.3) is 0 Å². The van der Waals surface area contributed by atoms with Gasteiger partial charge in [0.05, 0.1) is 5.92 Å². The van der Waals surface area contributed by atoms with Gasteiger partial charge in [0.15, 0.2) is 5.76 Å². The van der Waals surface area contributed by atoms with Gasteiger partial charge in [-0.3, -0.25) is 4.79 Å². The van der Waals surface area contributed by atoms with Crippen LogP contribution in [0, 0.1) is 17.1 Å². The molecule has 1 aliphatic rings. The fourth-order valence-electron chi connectivity index (χ4n) is 2.51. The molecule has 0 fully saturated rings. The molecule has 3 N–H and O–H groups in total. The Kier molecular flexibility index (Phi) is 4.13. The van der Waals surface area contributed by atoms with Gasteiger partial charge in [-0.15, -0.1) is 0 Å². The third-order valence-corrected chi connectivity index (χ3v) is 4.05. The van der Waals surface area contributed by atoms with Crippen molar-refractivity contribution in [2.75, 3.05) is 0 Å². The zero-order valence-electron chi connectivity index (χ0n) is 12.0. The first kappa shape index (κ1) is 16.2. The van der Waals surface area contributed by atoms with Crippen molar-refractivity contribution < 1.29 is 18.7 Å². The molecule has 24 heavy (non-hydrogen) atoms. The van der Waals surface area contributed by atoms with Crippen molar-refractivity contribution >= 4 is 15.9 Å². The van der Waals surface area contributed by atoms with Crippen molar-refractivity contribution in [1.82, 2.24) is 0 Å². The fourth-order valence-corrected chi connectivity index (χ4v) is 2.89. The van der Waals surface area contributed by atoms with Crippen molar-refractivity contribution in [3.8, 4) is 11.8 Å². The number of halogens is 2. The van der Waals surface area contributed by atoms with E-state index in [1.165, 1.54) is 18.2 Å². The van der Waals surface area contributed by atoms with E-state index in [1.54, 1.807) is 0 Å². The summed E-state index contributed by atoms with van der Waals surface area (Å²) >= 11 is 3.24. The van der Waals surface area contributed by atoms with Gasteiger partial charge in [-0.25, -0.2) is 4.39 Å². The number of hydrogen-bond donors (Lipinski definition) is 2. The normalized spacial score (nSPS) is 16.3. The summed E-state index contributed by atoms with van der Waals surface area (Å²) in [6.07, 6.45) is 0. The lowest BCUT2D eigenvalue weighted by Crippen LogP contribution is -2.25. The summed E-state index contributed by atoms with van der Waals surface area (Å²) in [7, 11) is 0. The maximum atomic E-state index is 14.4. The molecule has 2 aromatic rings. The van der Waals surface area contributed by atoms with E-state index in [0.29, 0.717) is 4.47 Å². The first-order chi connectivity index (χ1) is 11.5. The molecule has 1 atom stereocenters. The number of nitrogens with two attached hydrogens (primary N) is 1.